The third-order valence-electron chi connectivity index (χ3n) is 2.98. The second kappa shape index (κ2) is 5.95. The molecule has 0 aliphatic carbocycles. The van der Waals surface area contributed by atoms with Crippen molar-refractivity contribution in [1.82, 2.24) is 0 Å². The fraction of sp³-hybridized carbons (Fsp3) is 0.200. The van der Waals surface area contributed by atoms with Gasteiger partial charge >= 0.3 is 0 Å². The van der Waals surface area contributed by atoms with Gasteiger partial charge in [0.05, 0.1) is 7.11 Å². The molecule has 0 amide bonds. The molecule has 1 N–H and O–H groups in total. The van der Waals surface area contributed by atoms with Gasteiger partial charge in [-0.05, 0) is 42.3 Å². The molecule has 100 valence electrons. The number of hydrogen-bond donors (Lipinski definition) is 1. The van der Waals surface area contributed by atoms with E-state index >= 15 is 0 Å². The van der Waals surface area contributed by atoms with Crippen LogP contribution in [0.25, 0.3) is 0 Å². The van der Waals surface area contributed by atoms with Crippen LogP contribution in [0, 0.1) is 6.92 Å². The van der Waals surface area contributed by atoms with Crippen molar-refractivity contribution in [3.63, 3.8) is 0 Å². The number of rotatable bonds is 3. The summed E-state index contributed by atoms with van der Waals surface area (Å²) in [6.45, 7) is 1.91. The van der Waals surface area contributed by atoms with Gasteiger partial charge in [0.25, 0.3) is 0 Å². The van der Waals surface area contributed by atoms with Crippen molar-refractivity contribution in [2.24, 2.45) is 0 Å². The molecule has 0 spiro atoms. The summed E-state index contributed by atoms with van der Waals surface area (Å²) in [4.78, 5) is 0. The van der Waals surface area contributed by atoms with Gasteiger partial charge in [-0.25, -0.2) is 0 Å². The molecule has 2 aromatic carbocycles. The van der Waals surface area contributed by atoms with Crippen LogP contribution in [0.2, 0.25) is 5.02 Å². The fourth-order valence-electron chi connectivity index (χ4n) is 1.94. The Morgan fingerprint density at radius 3 is 2.58 bits per heavy atom. The largest absolute Gasteiger partial charge is 0.496 e. The van der Waals surface area contributed by atoms with Crippen LogP contribution in [0.3, 0.4) is 0 Å². The van der Waals surface area contributed by atoms with Crippen molar-refractivity contribution in [2.75, 3.05) is 7.11 Å². The third kappa shape index (κ3) is 3.11. The van der Waals surface area contributed by atoms with Crippen LogP contribution >= 0.6 is 27.5 Å². The quantitative estimate of drug-likeness (QED) is 0.890. The lowest BCUT2D eigenvalue weighted by Gasteiger charge is -2.16. The number of ether oxygens (including phenoxy) is 1. The minimum absolute atomic E-state index is 0.656. The summed E-state index contributed by atoms with van der Waals surface area (Å²) in [7, 11) is 1.59. The molecular formula is C15H14BrClO2. The highest BCUT2D eigenvalue weighted by Crippen LogP contribution is 2.33. The summed E-state index contributed by atoms with van der Waals surface area (Å²) in [5.74, 6) is 0.656. The minimum Gasteiger partial charge on any atom is -0.496 e. The van der Waals surface area contributed by atoms with Crippen molar-refractivity contribution < 1.29 is 9.84 Å². The first kappa shape index (κ1) is 14.4. The molecule has 0 fully saturated rings. The molecule has 0 saturated heterocycles. The summed E-state index contributed by atoms with van der Waals surface area (Å²) < 4.78 is 6.19. The fourth-order valence-corrected chi connectivity index (χ4v) is 2.43. The van der Waals surface area contributed by atoms with Crippen LogP contribution in [0.15, 0.2) is 40.9 Å². The van der Waals surface area contributed by atoms with Gasteiger partial charge in [0.15, 0.2) is 0 Å². The van der Waals surface area contributed by atoms with E-state index in [1.165, 1.54) is 0 Å². The van der Waals surface area contributed by atoms with E-state index in [1.807, 2.05) is 37.3 Å². The van der Waals surface area contributed by atoms with E-state index in [0.29, 0.717) is 10.8 Å². The number of benzene rings is 2. The maximum Gasteiger partial charge on any atom is 0.125 e. The first-order valence-corrected chi connectivity index (χ1v) is 6.97. The number of methoxy groups -OCH3 is 1. The van der Waals surface area contributed by atoms with E-state index in [4.69, 9.17) is 16.3 Å². The Hall–Kier alpha value is -1.03. The number of aliphatic hydroxyl groups is 1. The van der Waals surface area contributed by atoms with Crippen LogP contribution < -0.4 is 4.74 Å². The molecule has 2 rings (SSSR count). The van der Waals surface area contributed by atoms with E-state index in [-0.39, 0.29) is 0 Å². The zero-order valence-corrected chi connectivity index (χ0v) is 13.0. The van der Waals surface area contributed by atoms with Gasteiger partial charge in [0.1, 0.15) is 11.9 Å². The maximum atomic E-state index is 10.5. The molecule has 2 nitrogen and oxygen atoms in total. The SMILES string of the molecule is COc1ccc(Br)cc1C(O)c1ccc(Cl)c(C)c1. The second-order valence-corrected chi connectivity index (χ2v) is 5.62. The summed E-state index contributed by atoms with van der Waals surface area (Å²) in [6.07, 6.45) is -0.747. The average Bonchev–Trinajstić information content (AvgIpc) is 2.41. The smallest absolute Gasteiger partial charge is 0.125 e. The lowest BCUT2D eigenvalue weighted by atomic mass is 9.99. The minimum atomic E-state index is -0.747. The summed E-state index contributed by atoms with van der Waals surface area (Å²) in [6, 6.07) is 11.1. The molecule has 0 saturated carbocycles. The molecule has 0 heterocycles. The van der Waals surface area contributed by atoms with Crippen molar-refractivity contribution in [3.8, 4) is 5.75 Å². The summed E-state index contributed by atoms with van der Waals surface area (Å²) in [5.41, 5.74) is 2.45. The third-order valence-corrected chi connectivity index (χ3v) is 3.90. The highest BCUT2D eigenvalue weighted by atomic mass is 79.9. The zero-order valence-electron chi connectivity index (χ0n) is 10.7. The van der Waals surface area contributed by atoms with Crippen LogP contribution in [0.5, 0.6) is 5.75 Å². The molecular weight excluding hydrogens is 328 g/mol. The van der Waals surface area contributed by atoms with E-state index in [0.717, 1.165) is 21.2 Å². The average molecular weight is 342 g/mol. The van der Waals surface area contributed by atoms with Gasteiger partial charge in [0.2, 0.25) is 0 Å². The van der Waals surface area contributed by atoms with Crippen LogP contribution in [0.1, 0.15) is 22.8 Å². The van der Waals surface area contributed by atoms with Crippen molar-refractivity contribution >= 4 is 27.5 Å². The predicted octanol–water partition coefficient (Wildman–Crippen LogP) is 4.50. The molecule has 19 heavy (non-hydrogen) atoms. The Morgan fingerprint density at radius 2 is 1.95 bits per heavy atom. The lowest BCUT2D eigenvalue weighted by Crippen LogP contribution is -2.03. The highest BCUT2D eigenvalue weighted by molar-refractivity contribution is 9.10. The first-order valence-electron chi connectivity index (χ1n) is 5.80. The molecule has 2 aromatic rings. The maximum absolute atomic E-state index is 10.5. The van der Waals surface area contributed by atoms with Crippen LogP contribution in [-0.4, -0.2) is 12.2 Å². The van der Waals surface area contributed by atoms with E-state index in [9.17, 15) is 5.11 Å². The highest BCUT2D eigenvalue weighted by Gasteiger charge is 2.16. The van der Waals surface area contributed by atoms with Gasteiger partial charge in [0, 0.05) is 15.1 Å². The molecule has 0 aliphatic rings. The van der Waals surface area contributed by atoms with Gasteiger partial charge in [-0.15, -0.1) is 0 Å². The Morgan fingerprint density at radius 1 is 1.21 bits per heavy atom. The standard InChI is InChI=1S/C15H14BrClO2/c1-9-7-10(3-5-13(9)17)15(18)12-8-11(16)4-6-14(12)19-2/h3-8,15,18H,1-2H3. The van der Waals surface area contributed by atoms with Crippen LogP contribution in [0.4, 0.5) is 0 Å². The van der Waals surface area contributed by atoms with E-state index < -0.39 is 6.10 Å². The molecule has 1 atom stereocenters. The predicted molar refractivity (Wildman–Crippen MR) is 80.9 cm³/mol. The van der Waals surface area contributed by atoms with Gasteiger partial charge in [-0.1, -0.05) is 39.7 Å². The van der Waals surface area contributed by atoms with Gasteiger partial charge in [-0.3, -0.25) is 0 Å². The molecule has 0 aromatic heterocycles. The zero-order chi connectivity index (χ0) is 14.0. The molecule has 0 bridgehead atoms. The van der Waals surface area contributed by atoms with Gasteiger partial charge < -0.3 is 9.84 Å². The molecule has 0 radical (unpaired) electrons. The number of aryl methyl sites for hydroxylation is 1. The van der Waals surface area contributed by atoms with Crippen molar-refractivity contribution in [3.05, 3.63) is 62.6 Å². The van der Waals surface area contributed by atoms with Crippen LogP contribution in [-0.2, 0) is 0 Å². The second-order valence-electron chi connectivity index (χ2n) is 4.30. The normalized spacial score (nSPS) is 12.3. The van der Waals surface area contributed by atoms with Crippen molar-refractivity contribution in [2.45, 2.75) is 13.0 Å². The van der Waals surface area contributed by atoms with Gasteiger partial charge in [-0.2, -0.15) is 0 Å². The number of aliphatic hydroxyl groups excluding tert-OH is 1. The lowest BCUT2D eigenvalue weighted by molar-refractivity contribution is 0.214. The Labute approximate surface area is 126 Å². The number of halogens is 2. The molecule has 0 aliphatic heterocycles. The molecule has 1 unspecified atom stereocenters. The van der Waals surface area contributed by atoms with E-state index in [2.05, 4.69) is 15.9 Å². The summed E-state index contributed by atoms with van der Waals surface area (Å²) >= 11 is 9.41. The first-order chi connectivity index (χ1) is 9.02. The summed E-state index contributed by atoms with van der Waals surface area (Å²) in [5, 5.41) is 11.2. The van der Waals surface area contributed by atoms with E-state index in [1.54, 1.807) is 13.2 Å². The number of hydrogen-bond acceptors (Lipinski definition) is 2. The molecule has 4 heteroatoms. The Balaban J connectivity index is 2.45. The monoisotopic (exact) mass is 340 g/mol. The Kier molecular flexibility index (Phi) is 4.50. The topological polar surface area (TPSA) is 29.5 Å². The van der Waals surface area contributed by atoms with Crippen molar-refractivity contribution in [1.29, 1.82) is 0 Å². The Bertz CT molecular complexity index is 599.